The van der Waals surface area contributed by atoms with Crippen molar-refractivity contribution in [2.24, 2.45) is 0 Å². The number of ketones is 1. The van der Waals surface area contributed by atoms with Crippen molar-refractivity contribution < 1.29 is 33.6 Å². The van der Waals surface area contributed by atoms with Crippen molar-refractivity contribution >= 4 is 23.1 Å². The highest BCUT2D eigenvalue weighted by atomic mass is 16.5. The second-order valence-electron chi connectivity index (χ2n) is 7.91. The van der Waals surface area contributed by atoms with Gasteiger partial charge in [0.15, 0.2) is 11.5 Å². The molecule has 8 heteroatoms. The molecule has 0 spiro atoms. The number of anilines is 1. The van der Waals surface area contributed by atoms with Crippen LogP contribution >= 0.6 is 0 Å². The Bertz CT molecular complexity index is 1310. The van der Waals surface area contributed by atoms with E-state index in [-0.39, 0.29) is 11.3 Å². The summed E-state index contributed by atoms with van der Waals surface area (Å²) in [5, 5.41) is 11.4. The van der Waals surface area contributed by atoms with Gasteiger partial charge in [0.05, 0.1) is 45.1 Å². The Morgan fingerprint density at radius 3 is 2.17 bits per heavy atom. The fourth-order valence-electron chi connectivity index (χ4n) is 4.29. The van der Waals surface area contributed by atoms with E-state index in [0.29, 0.717) is 46.4 Å². The van der Waals surface area contributed by atoms with E-state index >= 15 is 0 Å². The lowest BCUT2D eigenvalue weighted by atomic mass is 9.94. The number of methoxy groups -OCH3 is 3. The van der Waals surface area contributed by atoms with Gasteiger partial charge in [-0.1, -0.05) is 18.2 Å². The SMILES string of the molecule is CCOc1ccc(N2C(=O)C(=O)/C(=C(\O)c3ccccc3OC)C2c2ccc(OC)c(OC)c2)cc1. The lowest BCUT2D eigenvalue weighted by Crippen LogP contribution is -2.29. The lowest BCUT2D eigenvalue weighted by molar-refractivity contribution is -0.132. The van der Waals surface area contributed by atoms with Crippen LogP contribution < -0.4 is 23.8 Å². The smallest absolute Gasteiger partial charge is 0.300 e. The van der Waals surface area contributed by atoms with E-state index < -0.39 is 17.7 Å². The molecular formula is C28H27NO7. The standard InChI is InChI=1S/C28H27NO7/c1-5-36-19-13-11-18(12-14-19)29-25(17-10-15-22(34-3)23(16-17)35-4)24(27(31)28(29)32)26(30)20-8-6-7-9-21(20)33-2/h6-16,25,30H,5H2,1-4H3/b26-24-. The highest BCUT2D eigenvalue weighted by Crippen LogP contribution is 2.45. The molecule has 8 nitrogen and oxygen atoms in total. The van der Waals surface area contributed by atoms with Gasteiger partial charge in [-0.05, 0) is 61.0 Å². The number of para-hydroxylation sites is 1. The molecule has 1 saturated heterocycles. The second kappa shape index (κ2) is 10.4. The Morgan fingerprint density at radius 2 is 1.53 bits per heavy atom. The third kappa shape index (κ3) is 4.33. The number of benzene rings is 3. The van der Waals surface area contributed by atoms with E-state index in [9.17, 15) is 14.7 Å². The number of aliphatic hydroxyl groups excluding tert-OH is 1. The largest absolute Gasteiger partial charge is 0.507 e. The number of hydrogen-bond acceptors (Lipinski definition) is 7. The van der Waals surface area contributed by atoms with Crippen LogP contribution in [0, 0.1) is 0 Å². The van der Waals surface area contributed by atoms with Crippen LogP contribution in [-0.2, 0) is 9.59 Å². The molecule has 0 bridgehead atoms. The molecule has 1 N–H and O–H groups in total. The summed E-state index contributed by atoms with van der Waals surface area (Å²) in [6.45, 7) is 2.37. The Hall–Kier alpha value is -4.46. The topological polar surface area (TPSA) is 94.5 Å². The zero-order valence-corrected chi connectivity index (χ0v) is 20.5. The molecule has 186 valence electrons. The minimum Gasteiger partial charge on any atom is -0.507 e. The van der Waals surface area contributed by atoms with Crippen LogP contribution in [0.1, 0.15) is 24.1 Å². The molecule has 1 fully saturated rings. The molecule has 0 aromatic heterocycles. The molecule has 1 aliphatic rings. The highest BCUT2D eigenvalue weighted by molar-refractivity contribution is 6.51. The van der Waals surface area contributed by atoms with E-state index in [1.165, 1.54) is 26.2 Å². The number of hydrogen-bond donors (Lipinski definition) is 1. The Labute approximate surface area is 209 Å². The van der Waals surface area contributed by atoms with Crippen molar-refractivity contribution in [1.82, 2.24) is 0 Å². The monoisotopic (exact) mass is 489 g/mol. The Balaban J connectivity index is 1.95. The summed E-state index contributed by atoms with van der Waals surface area (Å²) in [4.78, 5) is 28.2. The quantitative estimate of drug-likeness (QED) is 0.278. The van der Waals surface area contributed by atoms with Crippen molar-refractivity contribution in [2.75, 3.05) is 32.8 Å². The first-order valence-electron chi connectivity index (χ1n) is 11.3. The van der Waals surface area contributed by atoms with E-state index in [1.54, 1.807) is 66.7 Å². The minimum absolute atomic E-state index is 0.0643. The van der Waals surface area contributed by atoms with Gasteiger partial charge in [0.1, 0.15) is 17.3 Å². The lowest BCUT2D eigenvalue weighted by Gasteiger charge is -2.26. The number of carbonyl (C=O) groups excluding carboxylic acids is 2. The molecule has 1 amide bonds. The summed E-state index contributed by atoms with van der Waals surface area (Å²) in [7, 11) is 4.49. The van der Waals surface area contributed by atoms with Gasteiger partial charge >= 0.3 is 0 Å². The first kappa shape index (κ1) is 24.7. The van der Waals surface area contributed by atoms with Gasteiger partial charge in [-0.15, -0.1) is 0 Å². The summed E-state index contributed by atoms with van der Waals surface area (Å²) in [6.07, 6.45) is 0. The zero-order valence-electron chi connectivity index (χ0n) is 20.5. The van der Waals surface area contributed by atoms with Gasteiger partial charge < -0.3 is 24.1 Å². The fraction of sp³-hybridized carbons (Fsp3) is 0.214. The van der Waals surface area contributed by atoms with Crippen molar-refractivity contribution in [2.45, 2.75) is 13.0 Å². The van der Waals surface area contributed by atoms with E-state index in [1.807, 2.05) is 6.92 Å². The summed E-state index contributed by atoms with van der Waals surface area (Å²) in [6, 6.07) is 17.8. The number of nitrogens with zero attached hydrogens (tertiary/aromatic N) is 1. The third-order valence-electron chi connectivity index (χ3n) is 5.96. The molecule has 1 atom stereocenters. The predicted molar refractivity (Wildman–Crippen MR) is 135 cm³/mol. The predicted octanol–water partition coefficient (Wildman–Crippen LogP) is 4.74. The van der Waals surface area contributed by atoms with Gasteiger partial charge in [-0.3, -0.25) is 14.5 Å². The molecule has 0 saturated carbocycles. The molecule has 0 radical (unpaired) electrons. The average Bonchev–Trinajstić information content (AvgIpc) is 3.18. The summed E-state index contributed by atoms with van der Waals surface area (Å²) in [5.41, 5.74) is 1.26. The van der Waals surface area contributed by atoms with Crippen molar-refractivity contribution in [3.05, 3.63) is 83.4 Å². The maximum atomic E-state index is 13.4. The number of amides is 1. The van der Waals surface area contributed by atoms with E-state index in [0.717, 1.165) is 0 Å². The van der Waals surface area contributed by atoms with Gasteiger partial charge in [0, 0.05) is 5.69 Å². The highest BCUT2D eigenvalue weighted by Gasteiger charge is 2.47. The van der Waals surface area contributed by atoms with Crippen LogP contribution in [-0.4, -0.2) is 44.7 Å². The zero-order chi connectivity index (χ0) is 25.8. The van der Waals surface area contributed by atoms with Crippen LogP contribution in [0.3, 0.4) is 0 Å². The van der Waals surface area contributed by atoms with Gasteiger partial charge in [0.2, 0.25) is 0 Å². The van der Waals surface area contributed by atoms with Crippen LogP contribution in [0.2, 0.25) is 0 Å². The van der Waals surface area contributed by atoms with Gasteiger partial charge in [-0.2, -0.15) is 0 Å². The fourth-order valence-corrected chi connectivity index (χ4v) is 4.29. The van der Waals surface area contributed by atoms with Crippen molar-refractivity contribution in [3.63, 3.8) is 0 Å². The molecule has 3 aromatic rings. The Kier molecular flexibility index (Phi) is 7.15. The molecule has 1 unspecified atom stereocenters. The Morgan fingerprint density at radius 1 is 0.861 bits per heavy atom. The maximum Gasteiger partial charge on any atom is 0.300 e. The van der Waals surface area contributed by atoms with E-state index in [2.05, 4.69) is 0 Å². The van der Waals surface area contributed by atoms with Crippen LogP contribution in [0.25, 0.3) is 5.76 Å². The van der Waals surface area contributed by atoms with Crippen molar-refractivity contribution in [3.8, 4) is 23.0 Å². The van der Waals surface area contributed by atoms with Gasteiger partial charge in [-0.25, -0.2) is 0 Å². The molecular weight excluding hydrogens is 462 g/mol. The van der Waals surface area contributed by atoms with Crippen LogP contribution in [0.4, 0.5) is 5.69 Å². The normalized spacial score (nSPS) is 16.7. The number of rotatable bonds is 8. The number of ether oxygens (including phenoxy) is 4. The average molecular weight is 490 g/mol. The molecule has 1 aliphatic heterocycles. The third-order valence-corrected chi connectivity index (χ3v) is 5.96. The van der Waals surface area contributed by atoms with Crippen LogP contribution in [0.15, 0.2) is 72.3 Å². The molecule has 4 rings (SSSR count). The number of Topliss-reactive ketones (excluding diaryl/α,β-unsaturated/α-hetero) is 1. The van der Waals surface area contributed by atoms with Crippen LogP contribution in [0.5, 0.6) is 23.0 Å². The first-order valence-corrected chi connectivity index (χ1v) is 11.3. The molecule has 36 heavy (non-hydrogen) atoms. The van der Waals surface area contributed by atoms with E-state index in [4.69, 9.17) is 18.9 Å². The number of aliphatic hydroxyl groups is 1. The molecule has 3 aromatic carbocycles. The molecule has 0 aliphatic carbocycles. The summed E-state index contributed by atoms with van der Waals surface area (Å²) >= 11 is 0. The first-order chi connectivity index (χ1) is 17.4. The maximum absolute atomic E-state index is 13.4. The summed E-state index contributed by atoms with van der Waals surface area (Å²) in [5.74, 6) is -0.00193. The second-order valence-corrected chi connectivity index (χ2v) is 7.91. The van der Waals surface area contributed by atoms with Gasteiger partial charge in [0.25, 0.3) is 11.7 Å². The molecule has 1 heterocycles. The number of carbonyl (C=O) groups is 2. The van der Waals surface area contributed by atoms with Crippen molar-refractivity contribution in [1.29, 1.82) is 0 Å². The minimum atomic E-state index is -0.937. The summed E-state index contributed by atoms with van der Waals surface area (Å²) < 4.78 is 21.7.